The smallest absolute Gasteiger partial charge is 0.165 e. The molecule has 1 aromatic carbocycles. The summed E-state index contributed by atoms with van der Waals surface area (Å²) in [5.41, 5.74) is 0.642. The highest BCUT2D eigenvalue weighted by Crippen LogP contribution is 2.05. The van der Waals surface area contributed by atoms with Gasteiger partial charge < -0.3 is 5.11 Å². The van der Waals surface area contributed by atoms with Gasteiger partial charge >= 0.3 is 0 Å². The molecule has 3 heteroatoms. The first-order valence-corrected chi connectivity index (χ1v) is 4.74. The molecule has 0 saturated carbocycles. The third kappa shape index (κ3) is 3.20. The predicted molar refractivity (Wildman–Crippen MR) is 55.2 cm³/mol. The molecule has 2 nitrogen and oxygen atoms in total. The van der Waals surface area contributed by atoms with E-state index in [1.165, 1.54) is 0 Å². The number of aliphatic hydroxyl groups is 1. The lowest BCUT2D eigenvalue weighted by atomic mass is 10.1. The summed E-state index contributed by atoms with van der Waals surface area (Å²) < 4.78 is 0. The number of carbonyl (C=O) groups excluding carboxylic acids is 1. The number of hydrogen-bond acceptors (Lipinski definition) is 3. The van der Waals surface area contributed by atoms with Crippen LogP contribution < -0.4 is 0 Å². The second-order valence-corrected chi connectivity index (χ2v) is 3.19. The molecule has 0 saturated heterocycles. The molecule has 1 rings (SSSR count). The molecule has 1 N–H and O–H groups in total. The molecule has 13 heavy (non-hydrogen) atoms. The van der Waals surface area contributed by atoms with Gasteiger partial charge in [-0.25, -0.2) is 0 Å². The van der Waals surface area contributed by atoms with E-state index in [4.69, 9.17) is 0 Å². The van der Waals surface area contributed by atoms with E-state index in [2.05, 4.69) is 12.6 Å². The lowest BCUT2D eigenvalue weighted by molar-refractivity contribution is 0.0905. The van der Waals surface area contributed by atoms with Crippen molar-refractivity contribution in [3.05, 3.63) is 35.9 Å². The molecule has 0 aliphatic heterocycles. The molecule has 1 aromatic rings. The number of carbonyl (C=O) groups is 1. The second kappa shape index (κ2) is 5.04. The lowest BCUT2D eigenvalue weighted by Gasteiger charge is -2.05. The number of thiol groups is 1. The van der Waals surface area contributed by atoms with Gasteiger partial charge in [-0.05, 0) is 0 Å². The largest absolute Gasteiger partial charge is 0.392 e. The van der Waals surface area contributed by atoms with Gasteiger partial charge in [-0.1, -0.05) is 30.3 Å². The average Bonchev–Trinajstić information content (AvgIpc) is 2.19. The maximum atomic E-state index is 11.4. The molecule has 70 valence electrons. The quantitative estimate of drug-likeness (QED) is 0.566. The van der Waals surface area contributed by atoms with E-state index >= 15 is 0 Å². The first-order chi connectivity index (χ1) is 6.24. The van der Waals surface area contributed by atoms with Crippen molar-refractivity contribution in [1.29, 1.82) is 0 Å². The molecular weight excluding hydrogens is 184 g/mol. The van der Waals surface area contributed by atoms with Crippen LogP contribution in [0.4, 0.5) is 0 Å². The Labute approximate surface area is 83.0 Å². The van der Waals surface area contributed by atoms with Crippen molar-refractivity contribution in [3.8, 4) is 0 Å². The van der Waals surface area contributed by atoms with E-state index in [1.807, 2.05) is 6.07 Å². The zero-order chi connectivity index (χ0) is 9.68. The van der Waals surface area contributed by atoms with Crippen molar-refractivity contribution in [2.75, 3.05) is 5.75 Å². The summed E-state index contributed by atoms with van der Waals surface area (Å²) in [6.07, 6.45) is -0.496. The molecule has 0 bridgehead atoms. The van der Waals surface area contributed by atoms with Crippen LogP contribution in [0, 0.1) is 0 Å². The Morgan fingerprint density at radius 3 is 2.54 bits per heavy atom. The van der Waals surface area contributed by atoms with Gasteiger partial charge in [0.1, 0.15) is 0 Å². The van der Waals surface area contributed by atoms with E-state index in [9.17, 15) is 9.90 Å². The third-order valence-electron chi connectivity index (χ3n) is 1.73. The number of rotatable bonds is 4. The molecule has 1 atom stereocenters. The van der Waals surface area contributed by atoms with Gasteiger partial charge in [-0.2, -0.15) is 12.6 Å². The summed E-state index contributed by atoms with van der Waals surface area (Å²) in [6.45, 7) is 0. The predicted octanol–water partition coefficient (Wildman–Crippen LogP) is 1.55. The average molecular weight is 196 g/mol. The van der Waals surface area contributed by atoms with Crippen molar-refractivity contribution in [3.63, 3.8) is 0 Å². The molecule has 0 aromatic heterocycles. The fraction of sp³-hybridized carbons (Fsp3) is 0.300. The van der Waals surface area contributed by atoms with Gasteiger partial charge in [0, 0.05) is 17.7 Å². The van der Waals surface area contributed by atoms with Gasteiger partial charge in [0.05, 0.1) is 6.10 Å². The highest BCUT2D eigenvalue weighted by atomic mass is 32.1. The van der Waals surface area contributed by atoms with Crippen LogP contribution in [-0.2, 0) is 0 Å². The van der Waals surface area contributed by atoms with E-state index in [0.717, 1.165) is 0 Å². The first kappa shape index (κ1) is 10.3. The molecule has 0 aliphatic carbocycles. The summed E-state index contributed by atoms with van der Waals surface area (Å²) in [6, 6.07) is 8.95. The number of ketones is 1. The fourth-order valence-corrected chi connectivity index (χ4v) is 1.15. The van der Waals surface area contributed by atoms with Crippen molar-refractivity contribution >= 4 is 18.4 Å². The minimum atomic E-state index is -0.643. The molecule has 0 amide bonds. The molecule has 0 radical (unpaired) electrons. The Morgan fingerprint density at radius 1 is 1.38 bits per heavy atom. The SMILES string of the molecule is O=C(CC(O)CS)c1ccccc1. The van der Waals surface area contributed by atoms with Crippen molar-refractivity contribution < 1.29 is 9.90 Å². The minimum Gasteiger partial charge on any atom is -0.392 e. The zero-order valence-electron chi connectivity index (χ0n) is 7.18. The van der Waals surface area contributed by atoms with Crippen LogP contribution in [0.2, 0.25) is 0 Å². The van der Waals surface area contributed by atoms with E-state index in [-0.39, 0.29) is 12.2 Å². The Balaban J connectivity index is 2.59. The number of benzene rings is 1. The van der Waals surface area contributed by atoms with Gasteiger partial charge in [-0.15, -0.1) is 0 Å². The van der Waals surface area contributed by atoms with E-state index in [1.54, 1.807) is 24.3 Å². The van der Waals surface area contributed by atoms with Crippen LogP contribution in [0.3, 0.4) is 0 Å². The van der Waals surface area contributed by atoms with Gasteiger partial charge in [0.2, 0.25) is 0 Å². The highest BCUT2D eigenvalue weighted by Gasteiger charge is 2.10. The number of Topliss-reactive ketones (excluding diaryl/α,β-unsaturated/α-hetero) is 1. The van der Waals surface area contributed by atoms with E-state index < -0.39 is 6.10 Å². The topological polar surface area (TPSA) is 37.3 Å². The van der Waals surface area contributed by atoms with E-state index in [0.29, 0.717) is 11.3 Å². The van der Waals surface area contributed by atoms with Crippen molar-refractivity contribution in [1.82, 2.24) is 0 Å². The minimum absolute atomic E-state index is 0.0397. The summed E-state index contributed by atoms with van der Waals surface area (Å²) in [5, 5.41) is 9.19. The molecule has 1 unspecified atom stereocenters. The summed E-state index contributed by atoms with van der Waals surface area (Å²) in [5.74, 6) is 0.278. The molecular formula is C10H12O2S. The lowest BCUT2D eigenvalue weighted by Crippen LogP contribution is -2.14. The van der Waals surface area contributed by atoms with Gasteiger partial charge in [0.25, 0.3) is 0 Å². The third-order valence-corrected chi connectivity index (χ3v) is 2.15. The van der Waals surface area contributed by atoms with Crippen molar-refractivity contribution in [2.24, 2.45) is 0 Å². The molecule has 0 spiro atoms. The zero-order valence-corrected chi connectivity index (χ0v) is 8.08. The first-order valence-electron chi connectivity index (χ1n) is 4.11. The van der Waals surface area contributed by atoms with Crippen LogP contribution in [-0.4, -0.2) is 22.7 Å². The maximum Gasteiger partial charge on any atom is 0.165 e. The van der Waals surface area contributed by atoms with Gasteiger partial charge in [0.15, 0.2) is 5.78 Å². The van der Waals surface area contributed by atoms with Crippen LogP contribution in [0.25, 0.3) is 0 Å². The Hall–Kier alpha value is -0.800. The second-order valence-electron chi connectivity index (χ2n) is 2.83. The fourth-order valence-electron chi connectivity index (χ4n) is 1.02. The standard InChI is InChI=1S/C10H12O2S/c11-9(7-13)6-10(12)8-4-2-1-3-5-8/h1-5,9,11,13H,6-7H2. The Bertz CT molecular complexity index is 272. The van der Waals surface area contributed by atoms with Gasteiger partial charge in [-0.3, -0.25) is 4.79 Å². The molecule has 0 heterocycles. The summed E-state index contributed by atoms with van der Waals surface area (Å²) >= 11 is 3.90. The Morgan fingerprint density at radius 2 is 2.00 bits per heavy atom. The monoisotopic (exact) mass is 196 g/mol. The number of hydrogen-bond donors (Lipinski definition) is 2. The van der Waals surface area contributed by atoms with Crippen LogP contribution in [0.5, 0.6) is 0 Å². The van der Waals surface area contributed by atoms with Crippen LogP contribution in [0.15, 0.2) is 30.3 Å². The van der Waals surface area contributed by atoms with Crippen molar-refractivity contribution in [2.45, 2.75) is 12.5 Å². The highest BCUT2D eigenvalue weighted by molar-refractivity contribution is 7.80. The molecule has 0 fully saturated rings. The Kier molecular flexibility index (Phi) is 3.99. The van der Waals surface area contributed by atoms with Crippen LogP contribution in [0.1, 0.15) is 16.8 Å². The summed E-state index contributed by atoms with van der Waals surface area (Å²) in [4.78, 5) is 11.4. The molecule has 0 aliphatic rings. The number of aliphatic hydroxyl groups excluding tert-OH is 1. The summed E-state index contributed by atoms with van der Waals surface area (Å²) in [7, 11) is 0. The maximum absolute atomic E-state index is 11.4. The normalized spacial score (nSPS) is 12.5. The van der Waals surface area contributed by atoms with Crippen LogP contribution >= 0.6 is 12.6 Å².